The Labute approximate surface area is 225 Å². The van der Waals surface area contributed by atoms with Gasteiger partial charge in [-0.2, -0.15) is 0 Å². The number of carbonyl (C=O) groups excluding carboxylic acids is 1. The van der Waals surface area contributed by atoms with Gasteiger partial charge >= 0.3 is 0 Å². The first kappa shape index (κ1) is 26.0. The lowest BCUT2D eigenvalue weighted by molar-refractivity contribution is -0.162. The van der Waals surface area contributed by atoms with E-state index >= 15 is 0 Å². The Bertz CT molecular complexity index is 1140. The second-order valence-corrected chi connectivity index (χ2v) is 10.4. The van der Waals surface area contributed by atoms with Crippen LogP contribution in [0.1, 0.15) is 42.1 Å². The van der Waals surface area contributed by atoms with Crippen molar-refractivity contribution in [3.05, 3.63) is 63.8 Å². The third-order valence-electron chi connectivity index (χ3n) is 6.83. The zero-order chi connectivity index (χ0) is 25.8. The van der Waals surface area contributed by atoms with Crippen molar-refractivity contribution in [1.29, 1.82) is 0 Å². The molecule has 9 heteroatoms. The highest BCUT2D eigenvalue weighted by Gasteiger charge is 2.39. The van der Waals surface area contributed by atoms with E-state index in [0.717, 1.165) is 17.0 Å². The summed E-state index contributed by atoms with van der Waals surface area (Å²) < 4.78 is 34.6. The maximum atomic E-state index is 13.9. The topological polar surface area (TPSA) is 75.7 Å². The molecule has 1 spiro atoms. The van der Waals surface area contributed by atoms with Crippen molar-refractivity contribution in [2.45, 2.75) is 38.6 Å². The molecule has 1 saturated heterocycles. The lowest BCUT2D eigenvalue weighted by Crippen LogP contribution is -2.39. The van der Waals surface area contributed by atoms with Gasteiger partial charge < -0.3 is 33.3 Å². The molecule has 2 heterocycles. The second kappa shape index (κ2) is 11.4. The Hall–Kier alpha value is -2.59. The predicted molar refractivity (Wildman–Crippen MR) is 140 cm³/mol. The van der Waals surface area contributed by atoms with Gasteiger partial charge in [-0.05, 0) is 58.1 Å². The maximum Gasteiger partial charge on any atom is 0.259 e. The molecule has 2 aliphatic heterocycles. The van der Waals surface area contributed by atoms with E-state index in [0.29, 0.717) is 73.8 Å². The summed E-state index contributed by atoms with van der Waals surface area (Å²) in [5.74, 6) is 1.48. The van der Waals surface area contributed by atoms with Gasteiger partial charge in [-0.3, -0.25) is 4.79 Å². The highest BCUT2D eigenvalue weighted by atomic mass is 79.9. The Morgan fingerprint density at radius 1 is 1.14 bits per heavy atom. The molecule has 0 aromatic heterocycles. The van der Waals surface area contributed by atoms with Gasteiger partial charge in [0.05, 0.1) is 39.1 Å². The van der Waals surface area contributed by atoms with E-state index in [1.807, 2.05) is 29.2 Å². The normalized spacial score (nSPS) is 18.5. The van der Waals surface area contributed by atoms with Crippen molar-refractivity contribution in [2.24, 2.45) is 5.92 Å². The number of nitrogens with zero attached hydrogens (tertiary/aromatic N) is 1. The van der Waals surface area contributed by atoms with Gasteiger partial charge in [0, 0.05) is 29.6 Å². The van der Waals surface area contributed by atoms with Crippen LogP contribution in [0, 0.1) is 5.92 Å². The largest absolute Gasteiger partial charge is 0.497 e. The molecule has 8 nitrogen and oxygen atoms in total. The number of carbonyl (C=O) groups is 1. The van der Waals surface area contributed by atoms with Crippen LogP contribution in [0.4, 0.5) is 0 Å². The molecule has 3 aliphatic rings. The van der Waals surface area contributed by atoms with E-state index in [9.17, 15) is 4.79 Å². The van der Waals surface area contributed by atoms with Gasteiger partial charge in [0.2, 0.25) is 6.79 Å². The first-order chi connectivity index (χ1) is 18.0. The van der Waals surface area contributed by atoms with Crippen LogP contribution in [0.5, 0.6) is 17.2 Å². The minimum absolute atomic E-state index is 0.0948. The van der Waals surface area contributed by atoms with E-state index in [1.54, 1.807) is 19.2 Å². The molecule has 37 heavy (non-hydrogen) atoms. The maximum absolute atomic E-state index is 13.9. The van der Waals surface area contributed by atoms with Gasteiger partial charge in [-0.15, -0.1) is 0 Å². The summed E-state index contributed by atoms with van der Waals surface area (Å²) in [5, 5.41) is 0. The molecule has 5 rings (SSSR count). The molecule has 0 unspecified atom stereocenters. The lowest BCUT2D eigenvalue weighted by atomic mass is 9.96. The summed E-state index contributed by atoms with van der Waals surface area (Å²) in [4.78, 5) is 15.8. The van der Waals surface area contributed by atoms with Crippen molar-refractivity contribution in [1.82, 2.24) is 4.90 Å². The summed E-state index contributed by atoms with van der Waals surface area (Å²) in [6.45, 7) is 4.99. The number of fused-ring (bicyclic) bond motifs is 1. The molecular formula is C28H32BrNO7. The number of hydrogen-bond acceptors (Lipinski definition) is 7. The summed E-state index contributed by atoms with van der Waals surface area (Å²) >= 11 is 3.56. The summed E-state index contributed by atoms with van der Waals surface area (Å²) in [5.41, 5.74) is 2.58. The summed E-state index contributed by atoms with van der Waals surface area (Å²) in [7, 11) is 1.65. The van der Waals surface area contributed by atoms with Crippen molar-refractivity contribution < 1.29 is 33.2 Å². The van der Waals surface area contributed by atoms with Crippen LogP contribution in [0.2, 0.25) is 0 Å². The van der Waals surface area contributed by atoms with Gasteiger partial charge in [0.15, 0.2) is 17.3 Å². The molecule has 2 aromatic carbocycles. The van der Waals surface area contributed by atoms with E-state index in [4.69, 9.17) is 28.4 Å². The molecule has 1 fully saturated rings. The van der Waals surface area contributed by atoms with Crippen molar-refractivity contribution in [2.75, 3.05) is 40.3 Å². The molecule has 0 radical (unpaired) electrons. The number of rotatable bonds is 9. The van der Waals surface area contributed by atoms with Crippen LogP contribution >= 0.6 is 15.9 Å². The van der Waals surface area contributed by atoms with Crippen LogP contribution < -0.4 is 14.2 Å². The summed E-state index contributed by atoms with van der Waals surface area (Å²) in [6, 6.07) is 11.4. The first-order valence-corrected chi connectivity index (χ1v) is 13.3. The molecule has 1 amide bonds. The number of benzene rings is 2. The zero-order valence-electron chi connectivity index (χ0n) is 21.2. The lowest BCUT2D eigenvalue weighted by Gasteiger charge is -2.35. The van der Waals surface area contributed by atoms with Crippen molar-refractivity contribution in [3.63, 3.8) is 0 Å². The van der Waals surface area contributed by atoms with Gasteiger partial charge in [0.1, 0.15) is 5.75 Å². The fourth-order valence-corrected chi connectivity index (χ4v) is 5.31. The number of amides is 1. The number of methoxy groups -OCH3 is 1. The molecule has 1 aliphatic carbocycles. The Morgan fingerprint density at radius 2 is 1.86 bits per heavy atom. The fourth-order valence-electron chi connectivity index (χ4n) is 4.82. The van der Waals surface area contributed by atoms with Crippen LogP contribution in [-0.4, -0.2) is 56.9 Å². The van der Waals surface area contributed by atoms with Gasteiger partial charge in [0.25, 0.3) is 5.91 Å². The quantitative estimate of drug-likeness (QED) is 0.403. The van der Waals surface area contributed by atoms with Gasteiger partial charge in [-0.25, -0.2) is 0 Å². The Kier molecular flexibility index (Phi) is 8.04. The van der Waals surface area contributed by atoms with E-state index in [1.165, 1.54) is 0 Å². The third-order valence-corrected chi connectivity index (χ3v) is 7.49. The van der Waals surface area contributed by atoms with E-state index in [-0.39, 0.29) is 18.6 Å². The molecule has 0 saturated carbocycles. The van der Waals surface area contributed by atoms with Crippen LogP contribution in [0.25, 0.3) is 0 Å². The molecule has 198 valence electrons. The second-order valence-electron chi connectivity index (χ2n) is 9.58. The van der Waals surface area contributed by atoms with Crippen LogP contribution in [0.15, 0.2) is 52.6 Å². The smallest absolute Gasteiger partial charge is 0.259 e. The Morgan fingerprint density at radius 3 is 2.54 bits per heavy atom. The van der Waals surface area contributed by atoms with Crippen molar-refractivity contribution in [3.8, 4) is 17.2 Å². The van der Waals surface area contributed by atoms with E-state index in [2.05, 4.69) is 28.9 Å². The minimum atomic E-state index is -0.551. The molecule has 1 atom stereocenters. The van der Waals surface area contributed by atoms with E-state index < -0.39 is 5.79 Å². The minimum Gasteiger partial charge on any atom is -0.497 e. The van der Waals surface area contributed by atoms with Crippen molar-refractivity contribution >= 4 is 21.8 Å². The SMILES string of the molecule is COc1ccc(COC[C@H](C)CN(C(=O)c2cc3c(cc2Br)OCO3)C2=CCC3(CC2)OCCO3)cc1. The summed E-state index contributed by atoms with van der Waals surface area (Å²) in [6.07, 6.45) is 4.11. The molecule has 0 N–H and O–H groups in total. The van der Waals surface area contributed by atoms with Crippen LogP contribution in [-0.2, 0) is 20.8 Å². The average molecular weight is 574 g/mol. The fraction of sp³-hybridized carbons (Fsp3) is 0.464. The molecule has 0 bridgehead atoms. The number of ether oxygens (including phenoxy) is 6. The number of hydrogen-bond donors (Lipinski definition) is 0. The number of allylic oxidation sites excluding steroid dienone is 1. The Balaban J connectivity index is 1.29. The monoisotopic (exact) mass is 573 g/mol. The molecular weight excluding hydrogens is 542 g/mol. The average Bonchev–Trinajstić information content (AvgIpc) is 3.57. The van der Waals surface area contributed by atoms with Crippen LogP contribution in [0.3, 0.4) is 0 Å². The standard InChI is InChI=1S/C28H32BrNO7/c1-19(16-33-17-20-3-5-22(32-2)6-4-20)15-30(21-7-9-28(10-8-21)36-11-12-37-28)27(31)23-13-25-26(14-24(23)29)35-18-34-25/h3-7,13-14,19H,8-12,15-18H2,1-2H3/t19-/m1/s1. The number of halogens is 1. The predicted octanol–water partition coefficient (Wildman–Crippen LogP) is 5.29. The van der Waals surface area contributed by atoms with Gasteiger partial charge in [-0.1, -0.05) is 25.1 Å². The molecule has 2 aromatic rings. The highest BCUT2D eigenvalue weighted by Crippen LogP contribution is 2.40. The zero-order valence-corrected chi connectivity index (χ0v) is 22.8. The third kappa shape index (κ3) is 5.95. The first-order valence-electron chi connectivity index (χ1n) is 12.5. The highest BCUT2D eigenvalue weighted by molar-refractivity contribution is 9.10.